The maximum Gasteiger partial charge on any atom is 0.397 e. The van der Waals surface area contributed by atoms with Crippen molar-refractivity contribution in [2.24, 2.45) is 5.41 Å². The Balaban J connectivity index is 0.000000530. The Kier molecular flexibility index (Phi) is 46.5. The fourth-order valence-corrected chi connectivity index (χ4v) is 14.5. The van der Waals surface area contributed by atoms with Gasteiger partial charge in [-0.15, -0.1) is 0 Å². The quantitative estimate of drug-likeness (QED) is 0.0179. The van der Waals surface area contributed by atoms with Gasteiger partial charge in [0.1, 0.15) is 23.0 Å². The molecule has 110 heavy (non-hydrogen) atoms. The van der Waals surface area contributed by atoms with Gasteiger partial charge in [-0.2, -0.15) is 12.6 Å². The van der Waals surface area contributed by atoms with Crippen LogP contribution in [0.4, 0.5) is 0 Å². The highest BCUT2D eigenvalue weighted by molar-refractivity contribution is 7.80. The smallest absolute Gasteiger partial charge is 0.397 e. The molecule has 2 aliphatic heterocycles. The van der Waals surface area contributed by atoms with Crippen molar-refractivity contribution in [2.75, 3.05) is 71.8 Å². The van der Waals surface area contributed by atoms with Crippen molar-refractivity contribution in [3.63, 3.8) is 0 Å². The van der Waals surface area contributed by atoms with E-state index in [2.05, 4.69) is 208 Å². The monoisotopic (exact) mass is 1600 g/mol. The number of aliphatic hydroxyl groups is 1. The summed E-state index contributed by atoms with van der Waals surface area (Å²) in [7, 11) is -3.12. The van der Waals surface area contributed by atoms with E-state index in [4.69, 9.17) is 55.6 Å². The van der Waals surface area contributed by atoms with Gasteiger partial charge < -0.3 is 60.7 Å². The summed E-state index contributed by atoms with van der Waals surface area (Å²) in [6.07, 6.45) is 21.2. The molecular formula is C90H154O17P2S. The fraction of sp³-hybridized carbons (Fsp3) is 0.756. The zero-order valence-electron chi connectivity index (χ0n) is 73.8. The molecule has 0 radical (unpaired) electrons. The molecule has 2 saturated heterocycles. The van der Waals surface area contributed by atoms with Crippen molar-refractivity contribution in [1.29, 1.82) is 0 Å². The van der Waals surface area contributed by atoms with E-state index in [9.17, 15) is 24.3 Å². The fourth-order valence-electron chi connectivity index (χ4n) is 11.8. The Morgan fingerprint density at radius 1 is 0.382 bits per heavy atom. The molecule has 2 aliphatic rings. The van der Waals surface area contributed by atoms with Gasteiger partial charge in [0.2, 0.25) is 0 Å². The van der Waals surface area contributed by atoms with Crippen LogP contribution in [0.2, 0.25) is 0 Å². The van der Waals surface area contributed by atoms with Crippen LogP contribution in [0, 0.1) is 19.3 Å². The molecule has 1 N–H and O–H groups in total. The molecule has 17 nitrogen and oxygen atoms in total. The van der Waals surface area contributed by atoms with Gasteiger partial charge in [0.15, 0.2) is 5.60 Å². The highest BCUT2D eigenvalue weighted by Crippen LogP contribution is 2.57. The first kappa shape index (κ1) is 102. The van der Waals surface area contributed by atoms with Crippen molar-refractivity contribution < 1.29 is 79.8 Å². The molecule has 3 aromatic carbocycles. The maximum absolute atomic E-state index is 12.2. The second-order valence-electron chi connectivity index (χ2n) is 36.2. The number of ether oxygens (including phenoxy) is 6. The predicted octanol–water partition coefficient (Wildman–Crippen LogP) is 24.4. The number of rotatable bonds is 39. The zero-order valence-corrected chi connectivity index (χ0v) is 76.5. The maximum atomic E-state index is 12.2. The third-order valence-electron chi connectivity index (χ3n) is 18.7. The lowest BCUT2D eigenvalue weighted by atomic mass is 9.78. The van der Waals surface area contributed by atoms with Gasteiger partial charge in [-0.05, 0) is 97.0 Å². The van der Waals surface area contributed by atoms with Crippen molar-refractivity contribution in [2.45, 2.75) is 366 Å². The number of thiol groups is 1. The molecule has 1 spiro atoms. The van der Waals surface area contributed by atoms with Crippen molar-refractivity contribution in [3.8, 4) is 23.0 Å². The molecule has 0 saturated carbocycles. The Morgan fingerprint density at radius 2 is 0.655 bits per heavy atom. The molecule has 0 aliphatic carbocycles. The number of unbranched alkanes of at least 4 members (excludes halogenated alkanes) is 14. The molecular weight excluding hydrogens is 1450 g/mol. The third kappa shape index (κ3) is 38.5. The topological polar surface area (TPSA) is 199 Å². The lowest BCUT2D eigenvalue weighted by Crippen LogP contribution is -2.45. The van der Waals surface area contributed by atoms with Crippen LogP contribution in [0.3, 0.4) is 0 Å². The molecule has 0 aromatic heterocycles. The van der Waals surface area contributed by atoms with Crippen LogP contribution in [-0.2, 0) is 88.7 Å². The highest BCUT2D eigenvalue weighted by Gasteiger charge is 2.47. The SMILES string of the molecule is CCCCCCCCCCCCOC(=O)CCS.CCCCOC(=O)CC(O)(CC(=O)OCCCC)C(=O)OCCCC.CCCCOc1cc(C(C)(C)C)c(OCCCC)cc1C(C)(C)C.Cc1cc(C(C)(C)C)c(OP2OCC3(CO2)COP(Oc2c(C(C)(C)C)cc(C)cc2C(C)(C)C)OC3)c(C(C)(C)C)c1. The number of hydrogen-bond donors (Lipinski definition) is 2. The van der Waals surface area contributed by atoms with E-state index in [1.807, 2.05) is 20.8 Å². The van der Waals surface area contributed by atoms with Crippen molar-refractivity contribution in [3.05, 3.63) is 80.9 Å². The Bertz CT molecular complexity index is 2880. The number of esters is 4. The van der Waals surface area contributed by atoms with E-state index in [0.717, 1.165) is 87.6 Å². The average Bonchev–Trinajstić information content (AvgIpc) is 0.775. The summed E-state index contributed by atoms with van der Waals surface area (Å²) in [4.78, 5) is 47.0. The predicted molar refractivity (Wildman–Crippen MR) is 456 cm³/mol. The van der Waals surface area contributed by atoms with Gasteiger partial charge in [0, 0.05) is 39.1 Å². The number of hydrogen-bond acceptors (Lipinski definition) is 18. The minimum Gasteiger partial charge on any atom is -0.493 e. The van der Waals surface area contributed by atoms with Crippen LogP contribution in [0.25, 0.3) is 0 Å². The summed E-state index contributed by atoms with van der Waals surface area (Å²) >= 11 is 3.99. The highest BCUT2D eigenvalue weighted by atomic mass is 32.1. The van der Waals surface area contributed by atoms with Crippen LogP contribution in [-0.4, -0.2) is 106 Å². The van der Waals surface area contributed by atoms with Crippen LogP contribution in [0.5, 0.6) is 23.0 Å². The van der Waals surface area contributed by atoms with Gasteiger partial charge in [0.05, 0.1) is 90.7 Å². The molecule has 5 rings (SSSR count). The number of carbonyl (C=O) groups excluding carboxylic acids is 4. The van der Waals surface area contributed by atoms with Gasteiger partial charge in [-0.1, -0.05) is 291 Å². The first-order valence-electron chi connectivity index (χ1n) is 41.6. The number of benzene rings is 3. The summed E-state index contributed by atoms with van der Waals surface area (Å²) in [5.41, 5.74) is 6.62. The first-order valence-corrected chi connectivity index (χ1v) is 44.4. The van der Waals surface area contributed by atoms with E-state index in [1.54, 1.807) is 0 Å². The van der Waals surface area contributed by atoms with Crippen LogP contribution in [0.1, 0.15) is 358 Å². The van der Waals surface area contributed by atoms with E-state index in [1.165, 1.54) is 102 Å². The van der Waals surface area contributed by atoms with E-state index >= 15 is 0 Å². The lowest BCUT2D eigenvalue weighted by molar-refractivity contribution is -0.178. The number of aryl methyl sites for hydroxylation is 2. The molecule has 0 unspecified atom stereocenters. The summed E-state index contributed by atoms with van der Waals surface area (Å²) in [6, 6.07) is 13.3. The summed E-state index contributed by atoms with van der Waals surface area (Å²) in [5, 5.41) is 10.6. The summed E-state index contributed by atoms with van der Waals surface area (Å²) < 4.78 is 70.5. The molecule has 0 amide bonds. The lowest BCUT2D eigenvalue weighted by Gasteiger charge is -2.42. The van der Waals surface area contributed by atoms with Gasteiger partial charge in [-0.3, -0.25) is 14.4 Å². The van der Waals surface area contributed by atoms with E-state index in [-0.39, 0.29) is 58.3 Å². The van der Waals surface area contributed by atoms with Crippen LogP contribution < -0.4 is 18.5 Å². The minimum absolute atomic E-state index is 0.0286. The standard InChI is InChI=1S/C35H54O6P2.C22H38O2.C18H32O7.C15H30O2S/c1-23-15-25(31(3,4)5)29(26(16-23)32(6,7)8)40-42-36-19-35(20-37-42)21-38-43(39-22-35)41-30-27(33(9,10)11)17-24(2)18-28(30)34(12,13)14;1-9-11-13-23-19-15-18(22(6,7)8)20(24-14-12-10-2)16-17(19)21(3,4)5;1-4-7-10-23-15(19)13-18(22,17(21)25-12-9-6-3)14-16(20)24-11-8-5-2;1-2-3-4-5-6-7-8-9-10-11-13-17-15(16)12-14-18/h15-18H,19-22H2,1-14H3;15-16H,9-14H2,1-8H3;22H,4-14H2,1-3H3;18H,2-14H2,1H3. The van der Waals surface area contributed by atoms with Crippen LogP contribution >= 0.6 is 29.8 Å². The molecule has 0 atom stereocenters. The van der Waals surface area contributed by atoms with Gasteiger partial charge >= 0.3 is 41.1 Å². The van der Waals surface area contributed by atoms with E-state index in [0.29, 0.717) is 64.5 Å². The van der Waals surface area contributed by atoms with Crippen molar-refractivity contribution in [1.82, 2.24) is 0 Å². The molecule has 20 heteroatoms. The largest absolute Gasteiger partial charge is 0.493 e. The summed E-state index contributed by atoms with van der Waals surface area (Å²) in [5.74, 6) is 1.77. The second-order valence-corrected chi connectivity index (χ2v) is 39.0. The number of carbonyl (C=O) groups is 4. The Hall–Kier alpha value is -4.25. The minimum atomic E-state index is -2.26. The Morgan fingerprint density at radius 3 is 0.955 bits per heavy atom. The summed E-state index contributed by atoms with van der Waals surface area (Å²) in [6.45, 7) is 61.2. The van der Waals surface area contributed by atoms with Crippen molar-refractivity contribution >= 4 is 53.7 Å². The molecule has 0 bridgehead atoms. The second kappa shape index (κ2) is 50.3. The third-order valence-corrected chi connectivity index (χ3v) is 21.0. The molecule has 2 fully saturated rings. The van der Waals surface area contributed by atoms with Crippen LogP contribution in [0.15, 0.2) is 36.4 Å². The van der Waals surface area contributed by atoms with Gasteiger partial charge in [0.25, 0.3) is 0 Å². The molecule has 3 aromatic rings. The molecule has 2 heterocycles. The Labute approximate surface area is 676 Å². The van der Waals surface area contributed by atoms with E-state index < -0.39 is 59.0 Å². The average molecular weight is 1600 g/mol. The normalized spacial score (nSPS) is 16.3. The zero-order chi connectivity index (χ0) is 83.2. The first-order chi connectivity index (χ1) is 51.4. The molecule has 632 valence electrons. The van der Waals surface area contributed by atoms with Gasteiger partial charge in [-0.25, -0.2) is 4.79 Å².